The van der Waals surface area contributed by atoms with E-state index in [0.717, 1.165) is 55.1 Å². The van der Waals surface area contributed by atoms with E-state index in [2.05, 4.69) is 41.3 Å². The Balaban J connectivity index is 1.33. The van der Waals surface area contributed by atoms with Gasteiger partial charge in [0.1, 0.15) is 18.2 Å². The molecule has 3 heterocycles. The van der Waals surface area contributed by atoms with E-state index in [9.17, 15) is 4.79 Å². The normalized spacial score (nSPS) is 14.2. The molecule has 4 aromatic rings. The van der Waals surface area contributed by atoms with Crippen molar-refractivity contribution >= 4 is 28.3 Å². The summed E-state index contributed by atoms with van der Waals surface area (Å²) in [5.41, 5.74) is 2.01. The molecule has 2 amide bonds. The molecular formula is C30H36N6O4. The van der Waals surface area contributed by atoms with Crippen molar-refractivity contribution in [1.82, 2.24) is 19.7 Å². The highest BCUT2D eigenvalue weighted by Crippen LogP contribution is 2.32. The highest BCUT2D eigenvalue weighted by Gasteiger charge is 2.22. The summed E-state index contributed by atoms with van der Waals surface area (Å²) in [6.45, 7) is 11.0. The lowest BCUT2D eigenvalue weighted by Gasteiger charge is -2.26. The lowest BCUT2D eigenvalue weighted by Crippen LogP contribution is -2.38. The third kappa shape index (κ3) is 6.35. The number of benzene rings is 2. The van der Waals surface area contributed by atoms with E-state index in [-0.39, 0.29) is 11.4 Å². The maximum atomic E-state index is 13.3. The van der Waals surface area contributed by atoms with Crippen LogP contribution in [0.15, 0.2) is 60.8 Å². The number of amides is 2. The molecular weight excluding hydrogens is 508 g/mol. The van der Waals surface area contributed by atoms with Gasteiger partial charge in [0.15, 0.2) is 0 Å². The summed E-state index contributed by atoms with van der Waals surface area (Å²) in [5, 5.41) is 12.6. The molecule has 210 valence electrons. The Morgan fingerprint density at radius 1 is 1.02 bits per heavy atom. The third-order valence-corrected chi connectivity index (χ3v) is 6.79. The Kier molecular flexibility index (Phi) is 8.18. The zero-order valence-corrected chi connectivity index (χ0v) is 23.4. The smallest absolute Gasteiger partial charge is 0.324 e. The van der Waals surface area contributed by atoms with E-state index in [1.165, 1.54) is 0 Å². The van der Waals surface area contributed by atoms with Crippen LogP contribution in [0.1, 0.15) is 26.5 Å². The van der Waals surface area contributed by atoms with Gasteiger partial charge in [-0.15, -0.1) is 0 Å². The predicted molar refractivity (Wildman–Crippen MR) is 156 cm³/mol. The Hall–Kier alpha value is -4.15. The van der Waals surface area contributed by atoms with E-state index in [1.807, 2.05) is 48.5 Å². The number of fused-ring (bicyclic) bond motifs is 1. The number of nitrogens with one attached hydrogen (secondary N) is 2. The Labute approximate surface area is 234 Å². The van der Waals surface area contributed by atoms with Gasteiger partial charge in [-0.3, -0.25) is 10.2 Å². The van der Waals surface area contributed by atoms with Crippen LogP contribution in [0.5, 0.6) is 11.6 Å². The van der Waals surface area contributed by atoms with Crippen LogP contribution in [0.3, 0.4) is 0 Å². The van der Waals surface area contributed by atoms with Crippen molar-refractivity contribution in [2.45, 2.75) is 26.2 Å². The summed E-state index contributed by atoms with van der Waals surface area (Å²) in [6, 6.07) is 16.8. The molecule has 1 aliphatic rings. The number of carbonyl (C=O) groups is 1. The van der Waals surface area contributed by atoms with Crippen molar-refractivity contribution in [2.75, 3.05) is 57.2 Å². The first-order valence-corrected chi connectivity index (χ1v) is 13.5. The quantitative estimate of drug-likeness (QED) is 0.319. The van der Waals surface area contributed by atoms with Crippen LogP contribution in [-0.2, 0) is 10.2 Å². The first-order chi connectivity index (χ1) is 19.3. The summed E-state index contributed by atoms with van der Waals surface area (Å²) in [5.74, 6) is 1.82. The molecule has 0 spiro atoms. The molecule has 2 N–H and O–H groups in total. The Bertz CT molecular complexity index is 1460. The van der Waals surface area contributed by atoms with Gasteiger partial charge in [0.2, 0.25) is 5.88 Å². The number of urea groups is 1. The van der Waals surface area contributed by atoms with Crippen molar-refractivity contribution in [1.29, 1.82) is 0 Å². The second kappa shape index (κ2) is 11.9. The van der Waals surface area contributed by atoms with Gasteiger partial charge in [-0.05, 0) is 18.2 Å². The number of methoxy groups -OCH3 is 1. The third-order valence-electron chi connectivity index (χ3n) is 6.79. The van der Waals surface area contributed by atoms with Gasteiger partial charge in [0, 0.05) is 48.0 Å². The zero-order valence-electron chi connectivity index (χ0n) is 23.4. The molecule has 1 aliphatic heterocycles. The molecule has 0 atom stereocenters. The molecule has 0 bridgehead atoms. The van der Waals surface area contributed by atoms with Crippen LogP contribution in [0.4, 0.5) is 16.3 Å². The number of ether oxygens (including phenoxy) is 3. The number of aromatic nitrogens is 3. The van der Waals surface area contributed by atoms with Crippen LogP contribution in [0, 0.1) is 0 Å². The molecule has 0 unspecified atom stereocenters. The highest BCUT2D eigenvalue weighted by molar-refractivity contribution is 6.07. The number of hydrogen-bond donors (Lipinski definition) is 2. The van der Waals surface area contributed by atoms with Gasteiger partial charge >= 0.3 is 6.03 Å². The van der Waals surface area contributed by atoms with Gasteiger partial charge in [0.25, 0.3) is 0 Å². The highest BCUT2D eigenvalue weighted by atomic mass is 16.5. The monoisotopic (exact) mass is 544 g/mol. The lowest BCUT2D eigenvalue weighted by atomic mass is 9.92. The standard InChI is InChI=1S/C30H36N6O4/c1-30(2,3)26-19-27(36(34-26)21-9-12-28(38-4)31-20-21)33-29(37)32-24-10-11-25(23-8-6-5-7-22(23)24)40-18-15-35-13-16-39-17-14-35/h5-12,19-20H,13-18H2,1-4H3,(H2,32,33,37). The second-order valence-electron chi connectivity index (χ2n) is 10.7. The largest absolute Gasteiger partial charge is 0.492 e. The molecule has 5 rings (SSSR count). The Morgan fingerprint density at radius 2 is 1.80 bits per heavy atom. The van der Waals surface area contributed by atoms with E-state index < -0.39 is 0 Å². The van der Waals surface area contributed by atoms with Gasteiger partial charge in [0.05, 0.1) is 43.6 Å². The molecule has 40 heavy (non-hydrogen) atoms. The lowest BCUT2D eigenvalue weighted by molar-refractivity contribution is 0.0323. The molecule has 1 fully saturated rings. The molecule has 0 radical (unpaired) electrons. The maximum Gasteiger partial charge on any atom is 0.324 e. The average Bonchev–Trinajstić information content (AvgIpc) is 3.39. The summed E-state index contributed by atoms with van der Waals surface area (Å²) >= 11 is 0. The summed E-state index contributed by atoms with van der Waals surface area (Å²) < 4.78 is 18.4. The summed E-state index contributed by atoms with van der Waals surface area (Å²) in [7, 11) is 1.57. The van der Waals surface area contributed by atoms with E-state index in [4.69, 9.17) is 19.3 Å². The van der Waals surface area contributed by atoms with Crippen LogP contribution in [0.25, 0.3) is 16.5 Å². The van der Waals surface area contributed by atoms with Crippen molar-refractivity contribution in [2.24, 2.45) is 0 Å². The minimum Gasteiger partial charge on any atom is -0.492 e. The van der Waals surface area contributed by atoms with E-state index in [1.54, 1.807) is 24.1 Å². The number of anilines is 2. The summed E-state index contributed by atoms with van der Waals surface area (Å²) in [4.78, 5) is 19.9. The van der Waals surface area contributed by atoms with Crippen LogP contribution >= 0.6 is 0 Å². The fourth-order valence-electron chi connectivity index (χ4n) is 4.54. The van der Waals surface area contributed by atoms with Gasteiger partial charge < -0.3 is 19.5 Å². The molecule has 10 nitrogen and oxygen atoms in total. The van der Waals surface area contributed by atoms with Crippen LogP contribution < -0.4 is 20.1 Å². The fraction of sp³-hybridized carbons (Fsp3) is 0.367. The minimum atomic E-state index is -0.380. The predicted octanol–water partition coefficient (Wildman–Crippen LogP) is 5.08. The molecule has 0 saturated carbocycles. The molecule has 1 saturated heterocycles. The van der Waals surface area contributed by atoms with Crippen LogP contribution in [-0.4, -0.2) is 72.3 Å². The zero-order chi connectivity index (χ0) is 28.1. The van der Waals surface area contributed by atoms with Crippen molar-refractivity contribution in [3.63, 3.8) is 0 Å². The number of pyridine rings is 1. The Morgan fingerprint density at radius 3 is 2.50 bits per heavy atom. The minimum absolute atomic E-state index is 0.216. The number of rotatable bonds is 8. The van der Waals surface area contributed by atoms with Gasteiger partial charge in [-0.25, -0.2) is 14.5 Å². The second-order valence-corrected chi connectivity index (χ2v) is 10.7. The van der Waals surface area contributed by atoms with Crippen molar-refractivity contribution in [3.8, 4) is 17.3 Å². The van der Waals surface area contributed by atoms with E-state index >= 15 is 0 Å². The first-order valence-electron chi connectivity index (χ1n) is 13.5. The summed E-state index contributed by atoms with van der Waals surface area (Å²) in [6.07, 6.45) is 1.66. The fourth-order valence-corrected chi connectivity index (χ4v) is 4.54. The first kappa shape index (κ1) is 27.4. The SMILES string of the molecule is COc1ccc(-n2nc(C(C)(C)C)cc2NC(=O)Nc2ccc(OCCN3CCOCC3)c3ccccc23)cn1. The average molecular weight is 545 g/mol. The molecule has 0 aliphatic carbocycles. The maximum absolute atomic E-state index is 13.3. The molecule has 2 aromatic heterocycles. The number of carbonyl (C=O) groups excluding carboxylic acids is 1. The van der Waals surface area contributed by atoms with Crippen molar-refractivity contribution < 1.29 is 19.0 Å². The topological polar surface area (TPSA) is 103 Å². The molecule has 2 aromatic carbocycles. The van der Waals surface area contributed by atoms with Gasteiger partial charge in [-0.2, -0.15) is 5.10 Å². The molecule has 10 heteroatoms. The number of nitrogens with zero attached hydrogens (tertiary/aromatic N) is 4. The van der Waals surface area contributed by atoms with Gasteiger partial charge in [-0.1, -0.05) is 45.0 Å². The van der Waals surface area contributed by atoms with Crippen LogP contribution in [0.2, 0.25) is 0 Å². The van der Waals surface area contributed by atoms with E-state index in [0.29, 0.717) is 29.7 Å². The van der Waals surface area contributed by atoms with Crippen molar-refractivity contribution in [3.05, 3.63) is 66.5 Å². The number of hydrogen-bond acceptors (Lipinski definition) is 7. The number of morpholine rings is 1.